The molecule has 3 N–H and O–H groups in total. The van der Waals surface area contributed by atoms with E-state index in [1.807, 2.05) is 26.0 Å². The zero-order valence-electron chi connectivity index (χ0n) is 12.1. The maximum atomic E-state index is 11.3. The molecule has 1 aliphatic heterocycles. The molecule has 1 aromatic rings. The molecule has 1 aromatic carbocycles. The minimum Gasteiger partial charge on any atom is -0.508 e. The Hall–Kier alpha value is -1.75. The van der Waals surface area contributed by atoms with Gasteiger partial charge in [0.2, 0.25) is 5.91 Å². The number of phenolic OH excluding ortho intramolecular Hbond substituents is 1. The summed E-state index contributed by atoms with van der Waals surface area (Å²) >= 11 is 0. The molecule has 1 atom stereocenters. The predicted octanol–water partition coefficient (Wildman–Crippen LogP) is 1.39. The van der Waals surface area contributed by atoms with Gasteiger partial charge in [-0.25, -0.2) is 0 Å². The molecule has 1 fully saturated rings. The number of rotatable bonds is 4. The van der Waals surface area contributed by atoms with E-state index in [1.54, 1.807) is 6.07 Å². The quantitative estimate of drug-likeness (QED) is 0.778. The summed E-state index contributed by atoms with van der Waals surface area (Å²) in [5.41, 5.74) is 1.87. The fourth-order valence-electron chi connectivity index (χ4n) is 2.54. The van der Waals surface area contributed by atoms with E-state index in [0.29, 0.717) is 25.3 Å². The van der Waals surface area contributed by atoms with Gasteiger partial charge in [-0.15, -0.1) is 0 Å². The van der Waals surface area contributed by atoms with Crippen molar-refractivity contribution in [3.63, 3.8) is 0 Å². The van der Waals surface area contributed by atoms with Crippen molar-refractivity contribution in [1.29, 1.82) is 0 Å². The van der Waals surface area contributed by atoms with E-state index in [4.69, 9.17) is 0 Å². The van der Waals surface area contributed by atoms with E-state index < -0.39 is 0 Å². The first-order chi connectivity index (χ1) is 9.61. The van der Waals surface area contributed by atoms with Crippen LogP contribution < -0.4 is 15.5 Å². The molecule has 1 saturated heterocycles. The molecule has 20 heavy (non-hydrogen) atoms. The van der Waals surface area contributed by atoms with E-state index in [1.165, 1.54) is 0 Å². The van der Waals surface area contributed by atoms with Crippen LogP contribution in [0.4, 0.5) is 5.69 Å². The fraction of sp³-hybridized carbons (Fsp3) is 0.533. The van der Waals surface area contributed by atoms with E-state index in [0.717, 1.165) is 24.3 Å². The van der Waals surface area contributed by atoms with Crippen molar-refractivity contribution >= 4 is 11.6 Å². The Morgan fingerprint density at radius 2 is 2.25 bits per heavy atom. The maximum absolute atomic E-state index is 11.3. The summed E-state index contributed by atoms with van der Waals surface area (Å²) in [5, 5.41) is 16.3. The number of benzene rings is 1. The van der Waals surface area contributed by atoms with Crippen LogP contribution >= 0.6 is 0 Å². The molecule has 2 rings (SSSR count). The monoisotopic (exact) mass is 277 g/mol. The molecule has 0 bridgehead atoms. The molecule has 5 nitrogen and oxygen atoms in total. The van der Waals surface area contributed by atoms with Gasteiger partial charge in [0.15, 0.2) is 0 Å². The van der Waals surface area contributed by atoms with Crippen LogP contribution in [-0.4, -0.2) is 37.2 Å². The van der Waals surface area contributed by atoms with Crippen molar-refractivity contribution in [1.82, 2.24) is 10.6 Å². The van der Waals surface area contributed by atoms with Crippen LogP contribution in [0.2, 0.25) is 0 Å². The maximum Gasteiger partial charge on any atom is 0.221 e. The van der Waals surface area contributed by atoms with Crippen LogP contribution in [0.5, 0.6) is 5.75 Å². The summed E-state index contributed by atoms with van der Waals surface area (Å²) in [4.78, 5) is 13.5. The first-order valence-corrected chi connectivity index (χ1v) is 7.19. The van der Waals surface area contributed by atoms with Crippen LogP contribution in [0.3, 0.4) is 0 Å². The number of hydrogen-bond donors (Lipinski definition) is 3. The van der Waals surface area contributed by atoms with Crippen molar-refractivity contribution in [2.45, 2.75) is 26.3 Å². The number of anilines is 1. The molecule has 0 saturated carbocycles. The third kappa shape index (κ3) is 3.42. The highest BCUT2D eigenvalue weighted by Crippen LogP contribution is 2.29. The number of nitrogens with one attached hydrogen (secondary N) is 2. The number of aromatic hydroxyl groups is 1. The minimum atomic E-state index is 0.0918. The van der Waals surface area contributed by atoms with E-state index >= 15 is 0 Å². The van der Waals surface area contributed by atoms with Gasteiger partial charge in [0.25, 0.3) is 0 Å². The average Bonchev–Trinajstić information content (AvgIpc) is 2.63. The lowest BCUT2D eigenvalue weighted by atomic mass is 10.1. The van der Waals surface area contributed by atoms with Gasteiger partial charge in [-0.05, 0) is 19.5 Å². The summed E-state index contributed by atoms with van der Waals surface area (Å²) in [5.74, 6) is 0.397. The van der Waals surface area contributed by atoms with Gasteiger partial charge in [-0.2, -0.15) is 0 Å². The van der Waals surface area contributed by atoms with E-state index in [-0.39, 0.29) is 11.9 Å². The SMILES string of the molecule is CCNC(C)c1ccc(N2CCNC(=O)CC2)cc1O. The molecule has 1 aliphatic rings. The lowest BCUT2D eigenvalue weighted by Gasteiger charge is -2.23. The summed E-state index contributed by atoms with van der Waals surface area (Å²) in [6, 6.07) is 5.89. The Morgan fingerprint density at radius 3 is 2.95 bits per heavy atom. The molecular formula is C15H23N3O2. The van der Waals surface area contributed by atoms with Crippen LogP contribution in [0.25, 0.3) is 0 Å². The lowest BCUT2D eigenvalue weighted by Crippen LogP contribution is -2.28. The van der Waals surface area contributed by atoms with E-state index in [9.17, 15) is 9.90 Å². The van der Waals surface area contributed by atoms with Crippen molar-refractivity contribution in [2.75, 3.05) is 31.1 Å². The van der Waals surface area contributed by atoms with Crippen molar-refractivity contribution in [3.05, 3.63) is 23.8 Å². The van der Waals surface area contributed by atoms with Crippen LogP contribution in [-0.2, 0) is 4.79 Å². The molecular weight excluding hydrogens is 254 g/mol. The van der Waals surface area contributed by atoms with Crippen LogP contribution in [0, 0.1) is 0 Å². The first kappa shape index (κ1) is 14.7. The normalized spacial score (nSPS) is 17.5. The molecule has 1 heterocycles. The second-order valence-corrected chi connectivity index (χ2v) is 5.11. The zero-order valence-corrected chi connectivity index (χ0v) is 12.1. The average molecular weight is 277 g/mol. The highest BCUT2D eigenvalue weighted by atomic mass is 16.3. The number of amides is 1. The molecule has 0 aliphatic carbocycles. The summed E-state index contributed by atoms with van der Waals surface area (Å²) < 4.78 is 0. The third-order valence-corrected chi connectivity index (χ3v) is 3.67. The molecule has 1 amide bonds. The Kier molecular flexibility index (Phi) is 4.84. The van der Waals surface area contributed by atoms with Gasteiger partial charge in [0, 0.05) is 49.4 Å². The summed E-state index contributed by atoms with van der Waals surface area (Å²) in [6.45, 7) is 7.05. The minimum absolute atomic E-state index is 0.0918. The number of carbonyl (C=O) groups excluding carboxylic acids is 1. The first-order valence-electron chi connectivity index (χ1n) is 7.19. The fourth-order valence-corrected chi connectivity index (χ4v) is 2.54. The van der Waals surface area contributed by atoms with Crippen LogP contribution in [0.1, 0.15) is 31.9 Å². The van der Waals surface area contributed by atoms with Gasteiger partial charge in [-0.3, -0.25) is 4.79 Å². The van der Waals surface area contributed by atoms with Crippen molar-refractivity contribution in [2.24, 2.45) is 0 Å². The topological polar surface area (TPSA) is 64.6 Å². The molecule has 5 heteroatoms. The van der Waals surface area contributed by atoms with Gasteiger partial charge < -0.3 is 20.6 Å². The van der Waals surface area contributed by atoms with Gasteiger partial charge in [0.05, 0.1) is 0 Å². The Labute approximate surface area is 120 Å². The molecule has 110 valence electrons. The second-order valence-electron chi connectivity index (χ2n) is 5.11. The highest BCUT2D eigenvalue weighted by Gasteiger charge is 2.16. The van der Waals surface area contributed by atoms with Gasteiger partial charge in [0.1, 0.15) is 5.75 Å². The second kappa shape index (κ2) is 6.61. The molecule has 1 unspecified atom stereocenters. The van der Waals surface area contributed by atoms with Gasteiger partial charge in [-0.1, -0.05) is 13.0 Å². The predicted molar refractivity (Wildman–Crippen MR) is 80.0 cm³/mol. The van der Waals surface area contributed by atoms with Crippen LogP contribution in [0.15, 0.2) is 18.2 Å². The third-order valence-electron chi connectivity index (χ3n) is 3.67. The number of carbonyl (C=O) groups is 1. The van der Waals surface area contributed by atoms with E-state index in [2.05, 4.69) is 15.5 Å². The number of nitrogens with zero attached hydrogens (tertiary/aromatic N) is 1. The lowest BCUT2D eigenvalue weighted by molar-refractivity contribution is -0.120. The largest absolute Gasteiger partial charge is 0.508 e. The molecule has 0 spiro atoms. The smallest absolute Gasteiger partial charge is 0.221 e. The molecule has 0 aromatic heterocycles. The summed E-state index contributed by atoms with van der Waals surface area (Å²) in [6.07, 6.45) is 0.496. The number of hydrogen-bond acceptors (Lipinski definition) is 4. The van der Waals surface area contributed by atoms with Crippen molar-refractivity contribution < 1.29 is 9.90 Å². The Morgan fingerprint density at radius 1 is 1.45 bits per heavy atom. The highest BCUT2D eigenvalue weighted by molar-refractivity contribution is 5.77. The van der Waals surface area contributed by atoms with Gasteiger partial charge >= 0.3 is 0 Å². The summed E-state index contributed by atoms with van der Waals surface area (Å²) in [7, 11) is 0. The zero-order chi connectivity index (χ0) is 14.5. The Bertz CT molecular complexity index is 476. The van der Waals surface area contributed by atoms with Crippen molar-refractivity contribution in [3.8, 4) is 5.75 Å². The standard InChI is InChI=1S/C15H23N3O2/c1-3-16-11(2)13-5-4-12(10-14(13)19)18-8-6-15(20)17-7-9-18/h4-5,10-11,16,19H,3,6-9H2,1-2H3,(H,17,20). The molecule has 0 radical (unpaired) electrons. The number of phenols is 1. The Balaban J connectivity index is 2.13.